The average Bonchev–Trinajstić information content (AvgIpc) is 2.85. The number of esters is 1. The van der Waals surface area contributed by atoms with Gasteiger partial charge in [0, 0.05) is 15.3 Å². The first-order valence-corrected chi connectivity index (χ1v) is 6.15. The molecule has 0 N–H and O–H groups in total. The molecular weight excluding hydrogens is 232 g/mol. The molecule has 2 aromatic rings. The van der Waals surface area contributed by atoms with Crippen molar-refractivity contribution in [2.75, 3.05) is 0 Å². The minimum Gasteiger partial charge on any atom is -0.422 e. The quantitative estimate of drug-likeness (QED) is 0.434. The molecule has 2 heterocycles. The third-order valence-corrected chi connectivity index (χ3v) is 3.60. The monoisotopic (exact) mass is 242 g/mol. The van der Waals surface area contributed by atoms with Crippen LogP contribution in [-0.4, -0.2) is 5.97 Å². The van der Waals surface area contributed by atoms with Crippen LogP contribution in [0.5, 0.6) is 5.75 Å². The molecule has 0 atom stereocenters. The van der Waals surface area contributed by atoms with Gasteiger partial charge in [-0.15, -0.1) is 11.3 Å². The van der Waals surface area contributed by atoms with E-state index in [9.17, 15) is 4.79 Å². The first-order chi connectivity index (χ1) is 8.24. The zero-order valence-electron chi connectivity index (χ0n) is 9.27. The molecule has 1 aliphatic rings. The molecule has 84 valence electrons. The van der Waals surface area contributed by atoms with Crippen LogP contribution < -0.4 is 4.74 Å². The lowest BCUT2D eigenvalue weighted by molar-refractivity contribution is -0.126. The zero-order chi connectivity index (χ0) is 11.8. The molecule has 0 unspecified atom stereocenters. The maximum absolute atomic E-state index is 11.8. The lowest BCUT2D eigenvalue weighted by atomic mass is 10.1. The number of hydrogen-bond donors (Lipinski definition) is 0. The highest BCUT2D eigenvalue weighted by Gasteiger charge is 2.26. The predicted molar refractivity (Wildman–Crippen MR) is 69.0 cm³/mol. The molecule has 1 aliphatic heterocycles. The fourth-order valence-corrected chi connectivity index (χ4v) is 2.67. The van der Waals surface area contributed by atoms with Gasteiger partial charge in [0.15, 0.2) is 0 Å². The van der Waals surface area contributed by atoms with Gasteiger partial charge in [-0.25, -0.2) is 4.79 Å². The lowest BCUT2D eigenvalue weighted by Crippen LogP contribution is -1.99. The van der Waals surface area contributed by atoms with Crippen LogP contribution in [0.25, 0.3) is 11.6 Å². The van der Waals surface area contributed by atoms with Gasteiger partial charge >= 0.3 is 5.97 Å². The third-order valence-electron chi connectivity index (χ3n) is 2.65. The van der Waals surface area contributed by atoms with Crippen LogP contribution in [0.1, 0.15) is 15.3 Å². The number of ether oxygens (including phenoxy) is 1. The summed E-state index contributed by atoms with van der Waals surface area (Å²) in [6, 6.07) is 11.6. The Morgan fingerprint density at radius 3 is 2.76 bits per heavy atom. The topological polar surface area (TPSA) is 26.3 Å². The number of hydrogen-bond acceptors (Lipinski definition) is 3. The first-order valence-electron chi connectivity index (χ1n) is 5.34. The van der Waals surface area contributed by atoms with Gasteiger partial charge in [-0.2, -0.15) is 0 Å². The van der Waals surface area contributed by atoms with E-state index in [2.05, 4.69) is 0 Å². The van der Waals surface area contributed by atoms with E-state index in [-0.39, 0.29) is 5.97 Å². The number of para-hydroxylation sites is 1. The summed E-state index contributed by atoms with van der Waals surface area (Å²) in [7, 11) is 0. The van der Waals surface area contributed by atoms with Gasteiger partial charge in [0.2, 0.25) is 0 Å². The Labute approximate surface area is 103 Å². The molecule has 0 radical (unpaired) electrons. The molecule has 2 nitrogen and oxygen atoms in total. The fourth-order valence-electron chi connectivity index (χ4n) is 1.85. The Balaban J connectivity index is 2.09. The Morgan fingerprint density at radius 2 is 2.00 bits per heavy atom. The Morgan fingerprint density at radius 1 is 1.18 bits per heavy atom. The molecule has 0 amide bonds. The van der Waals surface area contributed by atoms with Crippen molar-refractivity contribution in [3.63, 3.8) is 0 Å². The van der Waals surface area contributed by atoms with Crippen molar-refractivity contribution in [2.24, 2.45) is 0 Å². The lowest BCUT2D eigenvalue weighted by Gasteiger charge is -1.93. The second kappa shape index (κ2) is 3.86. The largest absolute Gasteiger partial charge is 0.422 e. The summed E-state index contributed by atoms with van der Waals surface area (Å²) < 4.78 is 5.20. The van der Waals surface area contributed by atoms with Crippen molar-refractivity contribution >= 4 is 29.0 Å². The molecule has 0 fully saturated rings. The number of carbonyl (C=O) groups excluding carboxylic acids is 1. The van der Waals surface area contributed by atoms with Gasteiger partial charge in [-0.3, -0.25) is 0 Å². The van der Waals surface area contributed by atoms with E-state index in [1.165, 1.54) is 4.88 Å². The van der Waals surface area contributed by atoms with E-state index in [1.807, 2.05) is 49.4 Å². The van der Waals surface area contributed by atoms with Crippen LogP contribution in [-0.2, 0) is 4.79 Å². The maximum atomic E-state index is 11.8. The normalized spacial score (nSPS) is 16.1. The van der Waals surface area contributed by atoms with Crippen molar-refractivity contribution in [2.45, 2.75) is 6.92 Å². The average molecular weight is 242 g/mol. The molecular formula is C14H10O2S. The standard InChI is InChI=1S/C14H10O2S/c1-9-6-7-10(17-9)8-12-11-4-2-3-5-13(11)16-14(12)15/h2-8H,1H3/b12-8-. The Hall–Kier alpha value is -1.87. The van der Waals surface area contributed by atoms with E-state index in [1.54, 1.807) is 11.3 Å². The minimum absolute atomic E-state index is 0.266. The van der Waals surface area contributed by atoms with Crippen LogP contribution >= 0.6 is 11.3 Å². The third kappa shape index (κ3) is 1.78. The van der Waals surface area contributed by atoms with Crippen LogP contribution in [0.2, 0.25) is 0 Å². The number of carbonyl (C=O) groups is 1. The van der Waals surface area contributed by atoms with Crippen molar-refractivity contribution in [1.29, 1.82) is 0 Å². The highest BCUT2D eigenvalue weighted by Crippen LogP contribution is 2.35. The van der Waals surface area contributed by atoms with Crippen LogP contribution in [0.15, 0.2) is 36.4 Å². The van der Waals surface area contributed by atoms with Crippen molar-refractivity contribution in [1.82, 2.24) is 0 Å². The summed E-state index contributed by atoms with van der Waals surface area (Å²) in [5.74, 6) is 0.384. The fraction of sp³-hybridized carbons (Fsp3) is 0.0714. The summed E-state index contributed by atoms with van der Waals surface area (Å²) in [6.07, 6.45) is 1.89. The molecule has 0 saturated heterocycles. The number of fused-ring (bicyclic) bond motifs is 1. The maximum Gasteiger partial charge on any atom is 0.344 e. The molecule has 0 spiro atoms. The molecule has 1 aromatic heterocycles. The molecule has 0 aliphatic carbocycles. The summed E-state index contributed by atoms with van der Waals surface area (Å²) in [6.45, 7) is 2.05. The molecule has 0 bridgehead atoms. The number of aryl methyl sites for hydroxylation is 1. The van der Waals surface area contributed by atoms with Crippen molar-refractivity contribution in [3.05, 3.63) is 51.7 Å². The molecule has 1 aromatic carbocycles. The minimum atomic E-state index is -0.266. The van der Waals surface area contributed by atoms with Crippen molar-refractivity contribution < 1.29 is 9.53 Å². The predicted octanol–water partition coefficient (Wildman–Crippen LogP) is 3.52. The summed E-state index contributed by atoms with van der Waals surface area (Å²) in [4.78, 5) is 14.1. The van der Waals surface area contributed by atoms with Gasteiger partial charge in [0.25, 0.3) is 0 Å². The van der Waals surface area contributed by atoms with Crippen LogP contribution in [0, 0.1) is 6.92 Å². The smallest absolute Gasteiger partial charge is 0.344 e. The van der Waals surface area contributed by atoms with E-state index in [4.69, 9.17) is 4.74 Å². The second-order valence-electron chi connectivity index (χ2n) is 3.89. The summed E-state index contributed by atoms with van der Waals surface area (Å²) >= 11 is 1.67. The van der Waals surface area contributed by atoms with Gasteiger partial charge in [-0.1, -0.05) is 18.2 Å². The first kappa shape index (κ1) is 10.3. The molecule has 3 rings (SSSR count). The molecule has 0 saturated carbocycles. The number of benzene rings is 1. The molecule has 17 heavy (non-hydrogen) atoms. The zero-order valence-corrected chi connectivity index (χ0v) is 10.1. The van der Waals surface area contributed by atoms with Crippen LogP contribution in [0.3, 0.4) is 0 Å². The van der Waals surface area contributed by atoms with E-state index >= 15 is 0 Å². The van der Waals surface area contributed by atoms with E-state index in [0.717, 1.165) is 10.4 Å². The highest BCUT2D eigenvalue weighted by molar-refractivity contribution is 7.12. The Kier molecular flexibility index (Phi) is 2.34. The van der Waals surface area contributed by atoms with Gasteiger partial charge in [0.1, 0.15) is 5.75 Å². The van der Waals surface area contributed by atoms with Gasteiger partial charge < -0.3 is 4.74 Å². The Bertz CT molecular complexity index is 623. The van der Waals surface area contributed by atoms with Gasteiger partial charge in [-0.05, 0) is 31.2 Å². The second-order valence-corrected chi connectivity index (χ2v) is 5.21. The van der Waals surface area contributed by atoms with Crippen molar-refractivity contribution in [3.8, 4) is 5.75 Å². The van der Waals surface area contributed by atoms with E-state index < -0.39 is 0 Å². The van der Waals surface area contributed by atoms with Gasteiger partial charge in [0.05, 0.1) is 5.57 Å². The molecule has 3 heteroatoms. The number of rotatable bonds is 1. The van der Waals surface area contributed by atoms with E-state index in [0.29, 0.717) is 11.3 Å². The summed E-state index contributed by atoms with van der Waals surface area (Å²) in [5.41, 5.74) is 1.52. The van der Waals surface area contributed by atoms with Crippen LogP contribution in [0.4, 0.5) is 0 Å². The highest BCUT2D eigenvalue weighted by atomic mass is 32.1. The summed E-state index contributed by atoms with van der Waals surface area (Å²) in [5, 5.41) is 0. The number of thiophene rings is 1. The SMILES string of the molecule is Cc1ccc(/C=C2\C(=O)Oc3ccccc32)s1.